The second-order valence-corrected chi connectivity index (χ2v) is 4.77. The highest BCUT2D eigenvalue weighted by molar-refractivity contribution is 4.92. The summed E-state index contributed by atoms with van der Waals surface area (Å²) in [5.74, 6) is 1.75. The molecule has 0 spiro atoms. The minimum absolute atomic E-state index is 0.304. The van der Waals surface area contributed by atoms with Crippen molar-refractivity contribution >= 4 is 0 Å². The van der Waals surface area contributed by atoms with Crippen LogP contribution >= 0.6 is 0 Å². The summed E-state index contributed by atoms with van der Waals surface area (Å²) >= 11 is 0. The van der Waals surface area contributed by atoms with Gasteiger partial charge in [-0.1, -0.05) is 5.16 Å². The molecule has 0 radical (unpaired) electrons. The quantitative estimate of drug-likeness (QED) is 0.763. The maximum atomic E-state index is 9.73. The van der Waals surface area contributed by atoms with Crippen LogP contribution in [0, 0.1) is 5.92 Å². The van der Waals surface area contributed by atoms with E-state index in [1.54, 1.807) is 0 Å². The predicted molar refractivity (Wildman–Crippen MR) is 59.0 cm³/mol. The molecule has 1 atom stereocenters. The normalized spacial score (nSPS) is 18.0. The van der Waals surface area contributed by atoms with E-state index in [-0.39, 0.29) is 6.10 Å². The first-order valence-corrected chi connectivity index (χ1v) is 5.79. The van der Waals surface area contributed by atoms with Crippen LogP contribution in [0.5, 0.6) is 0 Å². The number of rotatable bonds is 6. The third kappa shape index (κ3) is 3.28. The Labute approximate surface area is 95.4 Å². The molecule has 5 heteroatoms. The molecule has 0 amide bonds. The lowest BCUT2D eigenvalue weighted by Crippen LogP contribution is -2.16. The Bertz CT molecular complexity index is 334. The summed E-state index contributed by atoms with van der Waals surface area (Å²) in [4.78, 5) is 6.35. The number of hydrogen-bond donors (Lipinski definition) is 1. The summed E-state index contributed by atoms with van der Waals surface area (Å²) in [6, 6.07) is 0. The molecular weight excluding hydrogens is 206 g/mol. The standard InChI is InChI=1S/C11H19N3O2/c1-14(2)6-5-10-12-11(16-13-10)7-9(15)8-3-4-8/h8-9,15H,3-7H2,1-2H3. The van der Waals surface area contributed by atoms with Crippen molar-refractivity contribution in [3.63, 3.8) is 0 Å². The molecule has 0 saturated heterocycles. The first-order chi connectivity index (χ1) is 7.65. The predicted octanol–water partition coefficient (Wildman–Crippen LogP) is 0.487. The van der Waals surface area contributed by atoms with E-state index in [0.29, 0.717) is 18.2 Å². The van der Waals surface area contributed by atoms with Gasteiger partial charge >= 0.3 is 0 Å². The molecule has 1 aromatic heterocycles. The van der Waals surface area contributed by atoms with Crippen LogP contribution in [-0.4, -0.2) is 46.9 Å². The second-order valence-electron chi connectivity index (χ2n) is 4.77. The third-order valence-corrected chi connectivity index (χ3v) is 2.84. The molecule has 5 nitrogen and oxygen atoms in total. The molecule has 1 aliphatic carbocycles. The van der Waals surface area contributed by atoms with Gasteiger partial charge in [0, 0.05) is 13.0 Å². The van der Waals surface area contributed by atoms with Crippen molar-refractivity contribution in [3.05, 3.63) is 11.7 Å². The average Bonchev–Trinajstić information content (AvgIpc) is 2.98. The van der Waals surface area contributed by atoms with Crippen molar-refractivity contribution in [1.29, 1.82) is 0 Å². The van der Waals surface area contributed by atoms with Gasteiger partial charge < -0.3 is 14.5 Å². The van der Waals surface area contributed by atoms with Gasteiger partial charge in [0.05, 0.1) is 12.5 Å². The first-order valence-electron chi connectivity index (χ1n) is 5.79. The molecule has 1 unspecified atom stereocenters. The van der Waals surface area contributed by atoms with E-state index < -0.39 is 0 Å². The summed E-state index contributed by atoms with van der Waals surface area (Å²) in [5, 5.41) is 13.6. The van der Waals surface area contributed by atoms with Gasteiger partial charge in [0.25, 0.3) is 0 Å². The Morgan fingerprint density at radius 2 is 2.25 bits per heavy atom. The van der Waals surface area contributed by atoms with Gasteiger partial charge in [-0.15, -0.1) is 0 Å². The fourth-order valence-electron chi connectivity index (χ4n) is 1.62. The number of aliphatic hydroxyl groups excluding tert-OH is 1. The highest BCUT2D eigenvalue weighted by Crippen LogP contribution is 2.33. The molecule has 0 aliphatic heterocycles. The Hall–Kier alpha value is -0.940. The van der Waals surface area contributed by atoms with Crippen molar-refractivity contribution in [2.75, 3.05) is 20.6 Å². The van der Waals surface area contributed by atoms with Crippen molar-refractivity contribution in [2.24, 2.45) is 5.92 Å². The van der Waals surface area contributed by atoms with E-state index in [2.05, 4.69) is 15.0 Å². The highest BCUT2D eigenvalue weighted by Gasteiger charge is 2.30. The van der Waals surface area contributed by atoms with Gasteiger partial charge in [-0.05, 0) is 32.9 Å². The molecule has 1 saturated carbocycles. The smallest absolute Gasteiger partial charge is 0.229 e. The van der Waals surface area contributed by atoms with Crippen molar-refractivity contribution < 1.29 is 9.63 Å². The zero-order chi connectivity index (χ0) is 11.5. The van der Waals surface area contributed by atoms with Crippen LogP contribution in [0.3, 0.4) is 0 Å². The van der Waals surface area contributed by atoms with Gasteiger partial charge in [-0.25, -0.2) is 0 Å². The van der Waals surface area contributed by atoms with E-state index >= 15 is 0 Å². The minimum Gasteiger partial charge on any atom is -0.392 e. The number of nitrogens with zero attached hydrogens (tertiary/aromatic N) is 3. The Kier molecular flexibility index (Phi) is 3.56. The largest absolute Gasteiger partial charge is 0.392 e. The molecule has 2 rings (SSSR count). The van der Waals surface area contributed by atoms with Crippen molar-refractivity contribution in [2.45, 2.75) is 31.8 Å². The zero-order valence-electron chi connectivity index (χ0n) is 9.89. The van der Waals surface area contributed by atoms with Gasteiger partial charge in [-0.3, -0.25) is 0 Å². The minimum atomic E-state index is -0.304. The Balaban J connectivity index is 1.81. The lowest BCUT2D eigenvalue weighted by molar-refractivity contribution is 0.140. The number of hydrogen-bond acceptors (Lipinski definition) is 5. The van der Waals surface area contributed by atoms with E-state index in [1.807, 2.05) is 14.1 Å². The average molecular weight is 225 g/mol. The molecule has 90 valence electrons. The third-order valence-electron chi connectivity index (χ3n) is 2.84. The molecule has 1 fully saturated rings. The van der Waals surface area contributed by atoms with E-state index in [1.165, 1.54) is 0 Å². The van der Waals surface area contributed by atoms with Crippen LogP contribution < -0.4 is 0 Å². The zero-order valence-corrected chi connectivity index (χ0v) is 9.89. The molecule has 1 N–H and O–H groups in total. The van der Waals surface area contributed by atoms with Gasteiger partial charge in [-0.2, -0.15) is 4.98 Å². The molecule has 16 heavy (non-hydrogen) atoms. The fourth-order valence-corrected chi connectivity index (χ4v) is 1.62. The first kappa shape index (κ1) is 11.5. The molecule has 1 aliphatic rings. The van der Waals surface area contributed by atoms with Gasteiger partial charge in [0.1, 0.15) is 0 Å². The summed E-state index contributed by atoms with van der Waals surface area (Å²) in [5.41, 5.74) is 0. The van der Waals surface area contributed by atoms with Crippen LogP contribution in [0.2, 0.25) is 0 Å². The van der Waals surface area contributed by atoms with Crippen LogP contribution in [-0.2, 0) is 12.8 Å². The monoisotopic (exact) mass is 225 g/mol. The molecule has 0 aromatic carbocycles. The van der Waals surface area contributed by atoms with E-state index in [9.17, 15) is 5.11 Å². The Morgan fingerprint density at radius 3 is 2.88 bits per heavy atom. The summed E-state index contributed by atoms with van der Waals surface area (Å²) in [6.45, 7) is 0.907. The van der Waals surface area contributed by atoms with Crippen LogP contribution in [0.1, 0.15) is 24.6 Å². The van der Waals surface area contributed by atoms with Gasteiger partial charge in [0.2, 0.25) is 5.89 Å². The van der Waals surface area contributed by atoms with Crippen molar-refractivity contribution in [1.82, 2.24) is 15.0 Å². The molecule has 0 bridgehead atoms. The number of likely N-dealkylation sites (N-methyl/N-ethyl adjacent to an activating group) is 1. The maximum Gasteiger partial charge on any atom is 0.229 e. The topological polar surface area (TPSA) is 62.4 Å². The van der Waals surface area contributed by atoms with E-state index in [0.717, 1.165) is 31.6 Å². The fraction of sp³-hybridized carbons (Fsp3) is 0.818. The maximum absolute atomic E-state index is 9.73. The molecular formula is C11H19N3O2. The van der Waals surface area contributed by atoms with Crippen LogP contribution in [0.15, 0.2) is 4.52 Å². The number of aliphatic hydroxyl groups is 1. The lowest BCUT2D eigenvalue weighted by atomic mass is 10.2. The summed E-state index contributed by atoms with van der Waals surface area (Å²) in [7, 11) is 4.02. The molecule has 1 aromatic rings. The van der Waals surface area contributed by atoms with Crippen LogP contribution in [0.4, 0.5) is 0 Å². The summed E-state index contributed by atoms with van der Waals surface area (Å²) < 4.78 is 5.11. The van der Waals surface area contributed by atoms with Gasteiger partial charge in [0.15, 0.2) is 5.82 Å². The van der Waals surface area contributed by atoms with Crippen molar-refractivity contribution in [3.8, 4) is 0 Å². The molecule has 1 heterocycles. The number of aromatic nitrogens is 2. The lowest BCUT2D eigenvalue weighted by Gasteiger charge is -2.05. The second kappa shape index (κ2) is 4.93. The summed E-state index contributed by atoms with van der Waals surface area (Å²) in [6.07, 6.45) is 3.24. The Morgan fingerprint density at radius 1 is 1.50 bits per heavy atom. The van der Waals surface area contributed by atoms with Crippen LogP contribution in [0.25, 0.3) is 0 Å². The highest BCUT2D eigenvalue weighted by atomic mass is 16.5. The van der Waals surface area contributed by atoms with E-state index in [4.69, 9.17) is 4.52 Å². The SMILES string of the molecule is CN(C)CCc1noc(CC(O)C2CC2)n1.